The first-order valence-electron chi connectivity index (χ1n) is 16.5. The minimum absolute atomic E-state index is 0.0699. The molecule has 3 fully saturated rings. The minimum atomic E-state index is -1.10. The van der Waals surface area contributed by atoms with E-state index < -0.39 is 70.6 Å². The van der Waals surface area contributed by atoms with Gasteiger partial charge in [0.15, 0.2) is 0 Å². The molecule has 46 heavy (non-hydrogen) atoms. The third-order valence-corrected chi connectivity index (χ3v) is 9.96. The first-order valence-corrected chi connectivity index (χ1v) is 16.5. The van der Waals surface area contributed by atoms with E-state index in [9.17, 15) is 28.8 Å². The molecule has 0 aromatic heterocycles. The molecule has 3 aliphatic rings. The summed E-state index contributed by atoms with van der Waals surface area (Å²) in [7, 11) is 0. The number of carbonyl (C=O) groups excluding carboxylic acids is 6. The number of fused-ring (bicyclic) bond motifs is 1. The van der Waals surface area contributed by atoms with Gasteiger partial charge in [-0.05, 0) is 54.3 Å². The summed E-state index contributed by atoms with van der Waals surface area (Å²) >= 11 is 0. The average Bonchev–Trinajstić information content (AvgIpc) is 3.20. The smallest absolute Gasteiger partial charge is 0.407 e. The van der Waals surface area contributed by atoms with Crippen LogP contribution in [0.2, 0.25) is 0 Å². The lowest BCUT2D eigenvalue weighted by Gasteiger charge is -2.39. The second-order valence-electron chi connectivity index (χ2n) is 16.4. The van der Waals surface area contributed by atoms with Crippen molar-refractivity contribution in [2.24, 2.45) is 39.7 Å². The van der Waals surface area contributed by atoms with Gasteiger partial charge in [0.2, 0.25) is 17.6 Å². The number of carbonyl (C=O) groups is 6. The highest BCUT2D eigenvalue weighted by Gasteiger charge is 2.70. The molecule has 260 valence electrons. The number of nitrogens with two attached hydrogens (primary N) is 1. The number of urea groups is 1. The molecule has 2 saturated carbocycles. The van der Waals surface area contributed by atoms with Crippen molar-refractivity contribution in [3.63, 3.8) is 0 Å². The molecule has 1 unspecified atom stereocenters. The van der Waals surface area contributed by atoms with E-state index in [0.717, 1.165) is 19.3 Å². The van der Waals surface area contributed by atoms with Gasteiger partial charge >= 0.3 is 12.1 Å². The molecule has 6 amide bonds. The van der Waals surface area contributed by atoms with E-state index in [1.807, 2.05) is 41.5 Å². The fourth-order valence-electron chi connectivity index (χ4n) is 6.70. The van der Waals surface area contributed by atoms with Crippen LogP contribution in [-0.4, -0.2) is 83.9 Å². The van der Waals surface area contributed by atoms with Crippen LogP contribution >= 0.6 is 0 Å². The number of hydrogen-bond donors (Lipinski definition) is 5. The van der Waals surface area contributed by atoms with Crippen LogP contribution in [-0.2, 0) is 23.9 Å². The molecule has 2 aliphatic carbocycles. The number of primary amides is 1. The van der Waals surface area contributed by atoms with E-state index in [4.69, 9.17) is 10.5 Å². The van der Waals surface area contributed by atoms with E-state index in [0.29, 0.717) is 13.0 Å². The summed E-state index contributed by atoms with van der Waals surface area (Å²) in [5.74, 6) is -2.68. The Morgan fingerprint density at radius 2 is 1.54 bits per heavy atom. The molecule has 0 radical (unpaired) electrons. The maximum Gasteiger partial charge on any atom is 0.407 e. The second kappa shape index (κ2) is 13.8. The number of ketones is 1. The number of rotatable bonds is 12. The number of piperidine rings is 1. The Bertz CT molecular complexity index is 1200. The second-order valence-corrected chi connectivity index (χ2v) is 16.4. The Labute approximate surface area is 273 Å². The van der Waals surface area contributed by atoms with Gasteiger partial charge in [-0.1, -0.05) is 74.7 Å². The number of nitrogens with zero attached hydrogens (tertiary/aromatic N) is 1. The molecule has 1 heterocycles. The molecule has 13 nitrogen and oxygen atoms in total. The maximum atomic E-state index is 14.3. The number of amides is 6. The van der Waals surface area contributed by atoms with Crippen LogP contribution < -0.4 is 27.0 Å². The lowest BCUT2D eigenvalue weighted by atomic mass is 9.80. The third kappa shape index (κ3) is 8.70. The summed E-state index contributed by atoms with van der Waals surface area (Å²) in [6.07, 6.45) is 2.30. The van der Waals surface area contributed by atoms with Gasteiger partial charge in [0.1, 0.15) is 12.1 Å². The standard InChI is InChI=1S/C33H56N6O7/c1-17(2)46-30(45)35-15-21(31(3,4)5)37-29(44)38-25(32(6,7)8)28(43)39-16-19-22(33(19,9)10)23(39)27(42)36-20(24(40)26(34)41)14-18-12-11-13-18/h17-23,25H,11-16H2,1-10H3,(H2,34,41)(H,35,45)(H,36,42)(H2,37,38,44)/t19-,20?,21+,22-,23-,25+/m0/s1. The number of nitrogens with one attached hydrogen (secondary N) is 4. The van der Waals surface area contributed by atoms with Crippen LogP contribution in [0.15, 0.2) is 0 Å². The monoisotopic (exact) mass is 648 g/mol. The van der Waals surface area contributed by atoms with Gasteiger partial charge < -0.3 is 36.6 Å². The number of hydrogen-bond acceptors (Lipinski definition) is 7. The fourth-order valence-corrected chi connectivity index (χ4v) is 6.70. The number of Topliss-reactive ketones (excluding diaryl/α,β-unsaturated/α-hetero) is 1. The average molecular weight is 649 g/mol. The Hall–Kier alpha value is -3.38. The van der Waals surface area contributed by atoms with E-state index in [-0.39, 0.29) is 35.8 Å². The number of ether oxygens (including phenoxy) is 1. The zero-order valence-corrected chi connectivity index (χ0v) is 29.2. The molecule has 1 aliphatic heterocycles. The first-order chi connectivity index (χ1) is 21.0. The number of alkyl carbamates (subject to hydrolysis) is 1. The Morgan fingerprint density at radius 3 is 2.02 bits per heavy atom. The van der Waals surface area contributed by atoms with Gasteiger partial charge in [0, 0.05) is 13.1 Å². The summed E-state index contributed by atoms with van der Waals surface area (Å²) in [6.45, 7) is 19.3. The van der Waals surface area contributed by atoms with Gasteiger partial charge in [0.25, 0.3) is 5.91 Å². The van der Waals surface area contributed by atoms with Gasteiger partial charge in [-0.25, -0.2) is 9.59 Å². The van der Waals surface area contributed by atoms with E-state index in [1.54, 1.807) is 13.8 Å². The lowest BCUT2D eigenvalue weighted by molar-refractivity contribution is -0.145. The van der Waals surface area contributed by atoms with Crippen LogP contribution in [0.25, 0.3) is 0 Å². The van der Waals surface area contributed by atoms with Crippen molar-refractivity contribution in [2.75, 3.05) is 13.1 Å². The highest BCUT2D eigenvalue weighted by molar-refractivity contribution is 6.37. The summed E-state index contributed by atoms with van der Waals surface area (Å²) in [5, 5.41) is 11.2. The topological polar surface area (TPSA) is 189 Å². The van der Waals surface area contributed by atoms with E-state index in [1.165, 1.54) is 4.90 Å². The minimum Gasteiger partial charge on any atom is -0.447 e. The summed E-state index contributed by atoms with van der Waals surface area (Å²) in [5.41, 5.74) is 3.95. The van der Waals surface area contributed by atoms with Crippen LogP contribution in [0.4, 0.5) is 9.59 Å². The predicted octanol–water partition coefficient (Wildman–Crippen LogP) is 2.46. The van der Waals surface area contributed by atoms with Crippen molar-refractivity contribution in [2.45, 2.75) is 125 Å². The molecular formula is C33H56N6O7. The van der Waals surface area contributed by atoms with E-state index >= 15 is 0 Å². The maximum absolute atomic E-state index is 14.3. The summed E-state index contributed by atoms with van der Waals surface area (Å²) < 4.78 is 5.15. The molecule has 0 aromatic rings. The molecule has 0 aromatic carbocycles. The first kappa shape index (κ1) is 37.1. The molecule has 3 rings (SSSR count). The molecule has 13 heteroatoms. The van der Waals surface area contributed by atoms with Gasteiger partial charge in [-0.15, -0.1) is 0 Å². The zero-order chi connectivity index (χ0) is 34.9. The molecular weight excluding hydrogens is 592 g/mol. The molecule has 0 spiro atoms. The quantitative estimate of drug-likeness (QED) is 0.201. The molecule has 1 saturated heterocycles. The van der Waals surface area contributed by atoms with Crippen molar-refractivity contribution < 1.29 is 33.5 Å². The molecule has 0 bridgehead atoms. The third-order valence-electron chi connectivity index (χ3n) is 9.96. The highest BCUT2D eigenvalue weighted by Crippen LogP contribution is 2.65. The Morgan fingerprint density at radius 1 is 0.935 bits per heavy atom. The lowest BCUT2D eigenvalue weighted by Crippen LogP contribution is -2.62. The van der Waals surface area contributed by atoms with Crippen molar-refractivity contribution in [3.8, 4) is 0 Å². The van der Waals surface area contributed by atoms with Crippen molar-refractivity contribution in [1.82, 2.24) is 26.2 Å². The largest absolute Gasteiger partial charge is 0.447 e. The van der Waals surface area contributed by atoms with Crippen LogP contribution in [0.3, 0.4) is 0 Å². The normalized spacial score (nSPS) is 24.1. The molecule has 6 N–H and O–H groups in total. The van der Waals surface area contributed by atoms with Crippen molar-refractivity contribution in [3.05, 3.63) is 0 Å². The SMILES string of the molecule is CC(C)OC(=O)NC[C@@H](NC(=O)N[C@H](C(=O)N1C[C@H]2[C@@H]([C@H]1C(=O)NC(CC1CCC1)C(=O)C(N)=O)C2(C)C)C(C)(C)C)C(C)(C)C. The predicted molar refractivity (Wildman–Crippen MR) is 172 cm³/mol. The van der Waals surface area contributed by atoms with Gasteiger partial charge in [0.05, 0.1) is 18.2 Å². The fraction of sp³-hybridized carbons (Fsp3) is 0.818. The Kier molecular flexibility index (Phi) is 11.1. The summed E-state index contributed by atoms with van der Waals surface area (Å²) in [4.78, 5) is 79.7. The van der Waals surface area contributed by atoms with Crippen molar-refractivity contribution >= 4 is 35.6 Å². The highest BCUT2D eigenvalue weighted by atomic mass is 16.6. The van der Waals surface area contributed by atoms with Crippen LogP contribution in [0.5, 0.6) is 0 Å². The molecule has 6 atom stereocenters. The van der Waals surface area contributed by atoms with E-state index in [2.05, 4.69) is 35.1 Å². The Balaban J connectivity index is 1.79. The number of likely N-dealkylation sites (tertiary alicyclic amines) is 1. The van der Waals surface area contributed by atoms with Gasteiger partial charge in [-0.3, -0.25) is 19.2 Å². The zero-order valence-electron chi connectivity index (χ0n) is 29.2. The van der Waals surface area contributed by atoms with Crippen LogP contribution in [0, 0.1) is 34.0 Å². The summed E-state index contributed by atoms with van der Waals surface area (Å²) in [6, 6.07) is -4.01. The van der Waals surface area contributed by atoms with Crippen molar-refractivity contribution in [1.29, 1.82) is 0 Å². The van der Waals surface area contributed by atoms with Gasteiger partial charge in [-0.2, -0.15) is 0 Å². The van der Waals surface area contributed by atoms with Crippen LogP contribution in [0.1, 0.15) is 94.9 Å².